The second-order valence-electron chi connectivity index (χ2n) is 4.95. The minimum Gasteiger partial charge on any atom is -0.382 e. The van der Waals surface area contributed by atoms with E-state index in [2.05, 4.69) is 10.5 Å². The molecule has 0 bridgehead atoms. The highest BCUT2D eigenvalue weighted by Crippen LogP contribution is 2.31. The molecule has 0 spiro atoms. The van der Waals surface area contributed by atoms with Crippen LogP contribution in [0.1, 0.15) is 31.2 Å². The zero-order chi connectivity index (χ0) is 13.9. The molecule has 1 aliphatic rings. The molecule has 0 heterocycles. The fourth-order valence-electron chi connectivity index (χ4n) is 2.49. The Morgan fingerprint density at radius 1 is 1.16 bits per heavy atom. The van der Waals surface area contributed by atoms with Gasteiger partial charge in [-0.25, -0.2) is 0 Å². The Labute approximate surface area is 112 Å². The van der Waals surface area contributed by atoms with E-state index >= 15 is 0 Å². The van der Waals surface area contributed by atoms with Gasteiger partial charge in [-0.1, -0.05) is 6.07 Å². The van der Waals surface area contributed by atoms with Gasteiger partial charge in [0, 0.05) is 11.7 Å². The second-order valence-corrected chi connectivity index (χ2v) is 4.95. The van der Waals surface area contributed by atoms with E-state index in [0.29, 0.717) is 5.69 Å². The summed E-state index contributed by atoms with van der Waals surface area (Å²) in [5, 5.41) is 5.90. The van der Waals surface area contributed by atoms with Gasteiger partial charge in [-0.3, -0.25) is 0 Å². The molecule has 2 atom stereocenters. The molecule has 0 aromatic heterocycles. The number of anilines is 1. The van der Waals surface area contributed by atoms with Crippen LogP contribution in [0.5, 0.6) is 0 Å². The molecule has 1 fully saturated rings. The molecule has 1 saturated carbocycles. The molecule has 1 aromatic carbocycles. The average Bonchev–Trinajstić information content (AvgIpc) is 2.38. The van der Waals surface area contributed by atoms with Crippen molar-refractivity contribution in [3.8, 4) is 0 Å². The van der Waals surface area contributed by atoms with Crippen LogP contribution < -0.4 is 10.5 Å². The predicted molar refractivity (Wildman–Crippen MR) is 70.0 cm³/mol. The Bertz CT molecular complexity index is 423. The van der Waals surface area contributed by atoms with Crippen molar-refractivity contribution >= 4 is 13.7 Å². The van der Waals surface area contributed by atoms with Gasteiger partial charge in [0.05, 0.1) is 5.56 Å². The Balaban J connectivity index is 2.03. The maximum absolute atomic E-state index is 12.6. The highest BCUT2D eigenvalue weighted by molar-refractivity contribution is 6.04. The van der Waals surface area contributed by atoms with Gasteiger partial charge in [-0.2, -0.15) is 13.2 Å². The molecular weight excluding hydrogens is 252 g/mol. The molecule has 0 aliphatic heterocycles. The summed E-state index contributed by atoms with van der Waals surface area (Å²) in [5.74, 6) is 0. The molecule has 2 radical (unpaired) electrons. The molecule has 2 N–H and O–H groups in total. The number of hydrogen-bond donors (Lipinski definition) is 2. The third-order valence-electron chi connectivity index (χ3n) is 3.47. The van der Waals surface area contributed by atoms with Gasteiger partial charge in [0.25, 0.3) is 0 Å². The zero-order valence-electron chi connectivity index (χ0n) is 10.5. The molecule has 0 amide bonds. The number of hydrogen-bond acceptors (Lipinski definition) is 2. The fourth-order valence-corrected chi connectivity index (χ4v) is 2.49. The molecule has 102 valence electrons. The van der Waals surface area contributed by atoms with Crippen LogP contribution in [0.4, 0.5) is 18.9 Å². The molecule has 2 rings (SSSR count). The van der Waals surface area contributed by atoms with Crippen LogP contribution in [0.15, 0.2) is 24.3 Å². The summed E-state index contributed by atoms with van der Waals surface area (Å²) < 4.78 is 37.8. The summed E-state index contributed by atoms with van der Waals surface area (Å²) in [7, 11) is 5.41. The Morgan fingerprint density at radius 3 is 2.58 bits per heavy atom. The molecule has 19 heavy (non-hydrogen) atoms. The van der Waals surface area contributed by atoms with E-state index in [-0.39, 0.29) is 12.1 Å². The first-order chi connectivity index (χ1) is 8.99. The maximum atomic E-state index is 12.6. The van der Waals surface area contributed by atoms with Crippen LogP contribution in [0.25, 0.3) is 0 Å². The van der Waals surface area contributed by atoms with Crippen molar-refractivity contribution in [1.82, 2.24) is 5.23 Å². The third kappa shape index (κ3) is 3.90. The molecular formula is C13H16BF3N2. The van der Waals surface area contributed by atoms with E-state index in [0.717, 1.165) is 37.8 Å². The molecule has 1 aromatic rings. The Kier molecular flexibility index (Phi) is 4.40. The number of halogens is 3. The van der Waals surface area contributed by atoms with Crippen molar-refractivity contribution in [2.24, 2.45) is 0 Å². The summed E-state index contributed by atoms with van der Waals surface area (Å²) in [6.07, 6.45) is -0.491. The van der Waals surface area contributed by atoms with Gasteiger partial charge < -0.3 is 10.5 Å². The van der Waals surface area contributed by atoms with Crippen molar-refractivity contribution in [1.29, 1.82) is 0 Å². The van der Waals surface area contributed by atoms with Crippen LogP contribution in [0.2, 0.25) is 0 Å². The monoisotopic (exact) mass is 268 g/mol. The highest BCUT2D eigenvalue weighted by Gasteiger charge is 2.30. The Morgan fingerprint density at radius 2 is 1.89 bits per heavy atom. The number of alkyl halides is 3. The molecule has 2 nitrogen and oxygen atoms in total. The van der Waals surface area contributed by atoms with E-state index in [1.54, 1.807) is 6.07 Å². The van der Waals surface area contributed by atoms with Gasteiger partial charge in [0.1, 0.15) is 0 Å². The normalized spacial score (nSPS) is 24.2. The number of nitrogens with one attached hydrogen (secondary N) is 2. The van der Waals surface area contributed by atoms with Crippen molar-refractivity contribution in [2.45, 2.75) is 43.9 Å². The van der Waals surface area contributed by atoms with Crippen LogP contribution in [0.3, 0.4) is 0 Å². The zero-order valence-corrected chi connectivity index (χ0v) is 10.5. The molecule has 2 unspecified atom stereocenters. The lowest BCUT2D eigenvalue weighted by Crippen LogP contribution is -2.37. The average molecular weight is 268 g/mol. The number of benzene rings is 1. The van der Waals surface area contributed by atoms with Crippen molar-refractivity contribution in [3.63, 3.8) is 0 Å². The molecule has 0 saturated heterocycles. The lowest BCUT2D eigenvalue weighted by atomic mass is 9.90. The van der Waals surface area contributed by atoms with Gasteiger partial charge >= 0.3 is 6.18 Å². The minimum atomic E-state index is -4.30. The highest BCUT2D eigenvalue weighted by atomic mass is 19.4. The summed E-state index contributed by atoms with van der Waals surface area (Å²) >= 11 is 0. The first kappa shape index (κ1) is 14.2. The van der Waals surface area contributed by atoms with E-state index in [1.807, 2.05) is 0 Å². The van der Waals surface area contributed by atoms with Crippen molar-refractivity contribution < 1.29 is 13.2 Å². The fraction of sp³-hybridized carbons (Fsp3) is 0.538. The smallest absolute Gasteiger partial charge is 0.382 e. The topological polar surface area (TPSA) is 24.1 Å². The van der Waals surface area contributed by atoms with Crippen LogP contribution in [-0.4, -0.2) is 20.1 Å². The predicted octanol–water partition coefficient (Wildman–Crippen LogP) is 3.10. The molecule has 6 heteroatoms. The van der Waals surface area contributed by atoms with Gasteiger partial charge in [-0.05, 0) is 49.9 Å². The summed E-state index contributed by atoms with van der Waals surface area (Å²) in [6, 6.07) is 5.72. The Hall–Kier alpha value is -1.17. The molecule has 1 aliphatic carbocycles. The van der Waals surface area contributed by atoms with Gasteiger partial charge in [-0.15, -0.1) is 0 Å². The van der Waals surface area contributed by atoms with Gasteiger partial charge in [0.15, 0.2) is 7.98 Å². The summed E-state index contributed by atoms with van der Waals surface area (Å²) in [5.41, 5.74) is -0.112. The minimum absolute atomic E-state index is 0.165. The summed E-state index contributed by atoms with van der Waals surface area (Å²) in [6.45, 7) is 0. The largest absolute Gasteiger partial charge is 0.416 e. The van der Waals surface area contributed by atoms with E-state index in [1.165, 1.54) is 6.07 Å². The van der Waals surface area contributed by atoms with Gasteiger partial charge in [0.2, 0.25) is 0 Å². The van der Waals surface area contributed by atoms with Crippen LogP contribution >= 0.6 is 0 Å². The van der Waals surface area contributed by atoms with Crippen LogP contribution in [-0.2, 0) is 6.18 Å². The lowest BCUT2D eigenvalue weighted by molar-refractivity contribution is -0.137. The second kappa shape index (κ2) is 5.86. The first-order valence-electron chi connectivity index (χ1n) is 6.39. The summed E-state index contributed by atoms with van der Waals surface area (Å²) in [4.78, 5) is 0. The SMILES string of the molecule is [B]NC1CCCC(Nc2cccc(C(F)(F)F)c2)C1. The van der Waals surface area contributed by atoms with Crippen molar-refractivity contribution in [3.05, 3.63) is 29.8 Å². The standard InChI is InChI=1S/C13H16BF3N2/c14-19-12-6-2-5-11(8-12)18-10-4-1-3-9(7-10)13(15,16)17/h1,3-4,7,11-12,18-19H,2,5-6,8H2. The van der Waals surface area contributed by atoms with E-state index < -0.39 is 11.7 Å². The van der Waals surface area contributed by atoms with E-state index in [4.69, 9.17) is 7.98 Å². The first-order valence-corrected chi connectivity index (χ1v) is 6.39. The lowest BCUT2D eigenvalue weighted by Gasteiger charge is -2.30. The maximum Gasteiger partial charge on any atom is 0.416 e. The number of rotatable bonds is 3. The quantitative estimate of drug-likeness (QED) is 0.823. The van der Waals surface area contributed by atoms with Crippen LogP contribution in [0, 0.1) is 0 Å². The third-order valence-corrected chi connectivity index (χ3v) is 3.47. The van der Waals surface area contributed by atoms with E-state index in [9.17, 15) is 13.2 Å². The van der Waals surface area contributed by atoms with Crippen molar-refractivity contribution in [2.75, 3.05) is 5.32 Å².